The highest BCUT2D eigenvalue weighted by Crippen LogP contribution is 2.46. The summed E-state index contributed by atoms with van der Waals surface area (Å²) < 4.78 is 9.14. The van der Waals surface area contributed by atoms with E-state index in [1.807, 2.05) is 30.3 Å². The minimum Gasteiger partial charge on any atom is -0.455 e. The maximum absolute atomic E-state index is 6.70. The van der Waals surface area contributed by atoms with Crippen molar-refractivity contribution in [1.82, 2.24) is 14.5 Å². The smallest absolute Gasteiger partial charge is 0.160 e. The summed E-state index contributed by atoms with van der Waals surface area (Å²) in [5, 5.41) is 4.48. The van der Waals surface area contributed by atoms with Gasteiger partial charge >= 0.3 is 0 Å². The number of hydrogen-bond donors (Lipinski definition) is 0. The Bertz CT molecular complexity index is 3100. The molecule has 0 spiro atoms. The van der Waals surface area contributed by atoms with Crippen molar-refractivity contribution in [3.05, 3.63) is 200 Å². The first kappa shape index (κ1) is 31.9. The minimum atomic E-state index is 0.686. The number of rotatable bonds is 6. The van der Waals surface area contributed by atoms with Gasteiger partial charge < -0.3 is 8.98 Å². The molecular weight excluding hydrogens is 683 g/mol. The third-order valence-electron chi connectivity index (χ3n) is 10.8. The van der Waals surface area contributed by atoms with E-state index in [-0.39, 0.29) is 0 Å². The predicted molar refractivity (Wildman–Crippen MR) is 231 cm³/mol. The normalized spacial score (nSPS) is 11.6. The van der Waals surface area contributed by atoms with Gasteiger partial charge in [0.05, 0.1) is 33.5 Å². The summed E-state index contributed by atoms with van der Waals surface area (Å²) in [6.07, 6.45) is 0. The minimum absolute atomic E-state index is 0.686. The molecule has 3 heterocycles. The van der Waals surface area contributed by atoms with Crippen LogP contribution in [0, 0.1) is 0 Å². The summed E-state index contributed by atoms with van der Waals surface area (Å²) in [6, 6.07) is 70.3. The molecule has 0 saturated carbocycles. The molecule has 0 aliphatic carbocycles. The Balaban J connectivity index is 1.26. The summed E-state index contributed by atoms with van der Waals surface area (Å²) in [5.41, 5.74) is 14.2. The van der Waals surface area contributed by atoms with Crippen molar-refractivity contribution in [3.8, 4) is 61.8 Å². The van der Waals surface area contributed by atoms with Crippen LogP contribution in [-0.4, -0.2) is 14.5 Å². The summed E-state index contributed by atoms with van der Waals surface area (Å²) >= 11 is 0. The lowest BCUT2D eigenvalue weighted by Gasteiger charge is -2.21. The van der Waals surface area contributed by atoms with E-state index in [1.54, 1.807) is 0 Å². The number of nitrogens with zero attached hydrogens (tertiary/aromatic N) is 3. The molecule has 11 aromatic rings. The van der Waals surface area contributed by atoms with E-state index >= 15 is 0 Å². The Labute approximate surface area is 323 Å². The van der Waals surface area contributed by atoms with Crippen molar-refractivity contribution >= 4 is 43.7 Å². The molecule has 0 bridgehead atoms. The molecular formula is C52H33N3O. The van der Waals surface area contributed by atoms with Crippen LogP contribution >= 0.6 is 0 Å². The van der Waals surface area contributed by atoms with Crippen LogP contribution in [0.2, 0.25) is 0 Å². The lowest BCUT2D eigenvalue weighted by molar-refractivity contribution is 0.673. The van der Waals surface area contributed by atoms with E-state index in [0.29, 0.717) is 5.82 Å². The van der Waals surface area contributed by atoms with Gasteiger partial charge in [0.15, 0.2) is 5.82 Å². The molecule has 262 valence electrons. The van der Waals surface area contributed by atoms with Crippen molar-refractivity contribution < 1.29 is 4.42 Å². The van der Waals surface area contributed by atoms with Crippen LogP contribution in [0.1, 0.15) is 0 Å². The highest BCUT2D eigenvalue weighted by molar-refractivity contribution is 6.24. The molecule has 4 nitrogen and oxygen atoms in total. The quantitative estimate of drug-likeness (QED) is 0.172. The summed E-state index contributed by atoms with van der Waals surface area (Å²) in [7, 11) is 0. The van der Waals surface area contributed by atoms with Gasteiger partial charge in [-0.05, 0) is 53.6 Å². The molecule has 0 radical (unpaired) electrons. The highest BCUT2D eigenvalue weighted by atomic mass is 16.3. The standard InChI is InChI=1S/C52H33N3O/c1-5-17-34(18-6-1)42-31-38(45-33-44(36-21-9-3-10-22-36)53-52(54-45)37-23-11-4-12-24-37)32-43(35-19-7-2-8-20-35)50(42)55-46-27-15-13-26-41(46)49-47(55)30-29-40-39-25-14-16-28-48(39)56-51(40)49/h1-33H. The Hall–Kier alpha value is -7.56. The Morgan fingerprint density at radius 3 is 1.54 bits per heavy atom. The number of para-hydroxylation sites is 2. The van der Waals surface area contributed by atoms with E-state index < -0.39 is 0 Å². The average molecular weight is 716 g/mol. The Morgan fingerprint density at radius 2 is 0.893 bits per heavy atom. The maximum atomic E-state index is 6.70. The monoisotopic (exact) mass is 715 g/mol. The molecule has 0 aliphatic rings. The average Bonchev–Trinajstić information content (AvgIpc) is 3.83. The zero-order valence-electron chi connectivity index (χ0n) is 30.3. The van der Waals surface area contributed by atoms with Gasteiger partial charge in [-0.15, -0.1) is 0 Å². The summed E-state index contributed by atoms with van der Waals surface area (Å²) in [5.74, 6) is 0.686. The van der Waals surface area contributed by atoms with Gasteiger partial charge in [-0.3, -0.25) is 0 Å². The van der Waals surface area contributed by atoms with Crippen LogP contribution in [0.25, 0.3) is 106 Å². The van der Waals surface area contributed by atoms with E-state index in [1.165, 1.54) is 0 Å². The van der Waals surface area contributed by atoms with E-state index in [2.05, 4.69) is 174 Å². The number of hydrogen-bond acceptors (Lipinski definition) is 3. The number of aromatic nitrogens is 3. The zero-order valence-corrected chi connectivity index (χ0v) is 30.3. The third-order valence-corrected chi connectivity index (χ3v) is 10.8. The molecule has 0 amide bonds. The molecule has 0 N–H and O–H groups in total. The first-order valence-electron chi connectivity index (χ1n) is 18.9. The fourth-order valence-electron chi connectivity index (χ4n) is 8.24. The van der Waals surface area contributed by atoms with Crippen LogP contribution in [0.5, 0.6) is 0 Å². The first-order chi connectivity index (χ1) is 27.8. The SMILES string of the molecule is c1ccc(-c2cc(-c3cc(-c4ccccc4)c(-n4c5ccccc5c5c6oc7ccccc7c6ccc54)c(-c4ccccc4)c3)nc(-c3ccccc3)n2)cc1. The third kappa shape index (κ3) is 5.23. The molecule has 0 fully saturated rings. The molecule has 56 heavy (non-hydrogen) atoms. The molecule has 0 atom stereocenters. The fourth-order valence-corrected chi connectivity index (χ4v) is 8.24. The molecule has 0 aliphatic heterocycles. The molecule has 4 heteroatoms. The van der Waals surface area contributed by atoms with Crippen molar-refractivity contribution in [1.29, 1.82) is 0 Å². The lowest BCUT2D eigenvalue weighted by atomic mass is 9.91. The molecule has 3 aromatic heterocycles. The summed E-state index contributed by atoms with van der Waals surface area (Å²) in [4.78, 5) is 10.4. The fraction of sp³-hybridized carbons (Fsp3) is 0. The molecule has 8 aromatic carbocycles. The Kier molecular flexibility index (Phi) is 7.46. The van der Waals surface area contributed by atoms with Gasteiger partial charge in [-0.1, -0.05) is 158 Å². The Morgan fingerprint density at radius 1 is 0.375 bits per heavy atom. The van der Waals surface area contributed by atoms with E-state index in [4.69, 9.17) is 14.4 Å². The van der Waals surface area contributed by atoms with E-state index in [9.17, 15) is 0 Å². The highest BCUT2D eigenvalue weighted by Gasteiger charge is 2.24. The number of fused-ring (bicyclic) bond motifs is 7. The largest absolute Gasteiger partial charge is 0.455 e. The topological polar surface area (TPSA) is 43.9 Å². The molecule has 0 saturated heterocycles. The van der Waals surface area contributed by atoms with Crippen LogP contribution in [-0.2, 0) is 0 Å². The molecule has 0 unspecified atom stereocenters. The van der Waals surface area contributed by atoms with Gasteiger partial charge in [0.25, 0.3) is 0 Å². The van der Waals surface area contributed by atoms with Gasteiger partial charge in [0.1, 0.15) is 11.2 Å². The number of benzene rings is 8. The van der Waals surface area contributed by atoms with Gasteiger partial charge in [-0.25, -0.2) is 9.97 Å². The van der Waals surface area contributed by atoms with Crippen molar-refractivity contribution in [2.24, 2.45) is 0 Å². The number of furan rings is 1. The van der Waals surface area contributed by atoms with Gasteiger partial charge in [0, 0.05) is 44.0 Å². The van der Waals surface area contributed by atoms with Crippen LogP contribution in [0.15, 0.2) is 205 Å². The lowest BCUT2D eigenvalue weighted by Crippen LogP contribution is -2.02. The van der Waals surface area contributed by atoms with Crippen molar-refractivity contribution in [2.75, 3.05) is 0 Å². The van der Waals surface area contributed by atoms with Gasteiger partial charge in [-0.2, -0.15) is 0 Å². The van der Waals surface area contributed by atoms with Crippen LogP contribution in [0.3, 0.4) is 0 Å². The second-order valence-electron chi connectivity index (χ2n) is 14.1. The molecule has 11 rings (SSSR count). The van der Waals surface area contributed by atoms with Crippen molar-refractivity contribution in [2.45, 2.75) is 0 Å². The van der Waals surface area contributed by atoms with Gasteiger partial charge in [0.2, 0.25) is 0 Å². The summed E-state index contributed by atoms with van der Waals surface area (Å²) in [6.45, 7) is 0. The maximum Gasteiger partial charge on any atom is 0.160 e. The first-order valence-corrected chi connectivity index (χ1v) is 18.9. The van der Waals surface area contributed by atoms with Crippen molar-refractivity contribution in [3.63, 3.8) is 0 Å². The predicted octanol–water partition coefficient (Wildman–Crippen LogP) is 13.8. The van der Waals surface area contributed by atoms with Crippen LogP contribution in [0.4, 0.5) is 0 Å². The van der Waals surface area contributed by atoms with Crippen LogP contribution < -0.4 is 0 Å². The second kappa shape index (κ2) is 13.1. The van der Waals surface area contributed by atoms with E-state index in [0.717, 1.165) is 99.8 Å². The zero-order chi connectivity index (χ0) is 37.0. The second-order valence-corrected chi connectivity index (χ2v) is 14.1.